The van der Waals surface area contributed by atoms with E-state index >= 15 is 0 Å². The van der Waals surface area contributed by atoms with Crippen LogP contribution in [0.1, 0.15) is 39.5 Å². The molecule has 0 aromatic carbocycles. The number of likely N-dealkylation sites (N-methyl/N-ethyl adjacent to an activating group) is 1. The van der Waals surface area contributed by atoms with E-state index in [9.17, 15) is 34.8 Å². The molecule has 2 aromatic rings. The number of hydrogen-bond acceptors (Lipinski definition) is 17. The smallest absolute Gasteiger partial charge is 0.252 e. The Balaban J connectivity index is 1.14. The first-order valence-corrected chi connectivity index (χ1v) is 19.9. The normalized spacial score (nSPS) is 30.9. The van der Waals surface area contributed by atoms with Crippen LogP contribution in [0, 0.1) is 17.2 Å². The van der Waals surface area contributed by atoms with Crippen molar-refractivity contribution in [1.82, 2.24) is 35.4 Å². The van der Waals surface area contributed by atoms with E-state index in [1.165, 1.54) is 27.5 Å². The van der Waals surface area contributed by atoms with E-state index in [1.54, 1.807) is 9.47 Å². The molecule has 3 amide bonds. The number of nitriles is 1. The molecule has 12 atom stereocenters. The van der Waals surface area contributed by atoms with Crippen LogP contribution in [0.25, 0.3) is 11.0 Å². The Kier molecular flexibility index (Phi) is 16.3. The lowest BCUT2D eigenvalue weighted by Gasteiger charge is -2.47. The summed E-state index contributed by atoms with van der Waals surface area (Å²) in [5, 5.41) is 61.3. The molecule has 7 N–H and O–H groups in total. The van der Waals surface area contributed by atoms with Crippen molar-refractivity contribution in [3.63, 3.8) is 0 Å². The molecular formula is C37H55N9O12S. The number of aliphatic hydroxyl groups excluding tert-OH is 4. The van der Waals surface area contributed by atoms with Crippen LogP contribution >= 0.6 is 12.2 Å². The number of hydrogen-bond donors (Lipinski definition) is 7. The van der Waals surface area contributed by atoms with Crippen LogP contribution in [0.5, 0.6) is 0 Å². The van der Waals surface area contributed by atoms with Gasteiger partial charge in [0.05, 0.1) is 24.1 Å². The van der Waals surface area contributed by atoms with Gasteiger partial charge in [-0.05, 0) is 43.5 Å². The molecule has 0 saturated carbocycles. The molecule has 3 aliphatic heterocycles. The molecular weight excluding hydrogens is 795 g/mol. The first-order valence-electron chi connectivity index (χ1n) is 19.5. The number of carbonyl (C=O) groups excluding carboxylic acids is 3. The van der Waals surface area contributed by atoms with Crippen LogP contribution in [0.15, 0.2) is 18.6 Å². The molecule has 326 valence electrons. The number of aromatic nitrogens is 3. The molecule has 3 saturated heterocycles. The average molecular weight is 850 g/mol. The fraction of sp³-hybridized carbons (Fsp3) is 0.703. The fourth-order valence-corrected chi connectivity index (χ4v) is 7.99. The molecule has 22 heteroatoms. The Hall–Kier alpha value is -4.15. The highest BCUT2D eigenvalue weighted by molar-refractivity contribution is 7.80. The summed E-state index contributed by atoms with van der Waals surface area (Å²) in [7, 11) is 4.48. The SMILES string of the molecule is CO[C@@H]1OC(CO)[C@@H](O)[C@H](O[C@@H]2OC(C(=O)NCCCCNC(=S)n3ccc4c(N(C)[C@H]5CN(C(=O)CC#N)CC[C@H]5C)ncnc43)[C@@H](OC)[C@H](O)C2O)C1NC(C)=O. The van der Waals surface area contributed by atoms with Gasteiger partial charge in [-0.2, -0.15) is 5.26 Å². The van der Waals surface area contributed by atoms with Gasteiger partial charge in [0, 0.05) is 60.6 Å². The number of likely N-dealkylation sites (tertiary alicyclic amines) is 1. The summed E-state index contributed by atoms with van der Waals surface area (Å²) in [5.41, 5.74) is 0.603. The maximum absolute atomic E-state index is 13.4. The molecule has 4 unspecified atom stereocenters. The van der Waals surface area contributed by atoms with Gasteiger partial charge in [-0.15, -0.1) is 0 Å². The minimum atomic E-state index is -1.74. The monoisotopic (exact) mass is 849 g/mol. The Morgan fingerprint density at radius 3 is 2.44 bits per heavy atom. The van der Waals surface area contributed by atoms with Gasteiger partial charge in [0.2, 0.25) is 11.8 Å². The minimum Gasteiger partial charge on any atom is -0.394 e. The van der Waals surface area contributed by atoms with Crippen LogP contribution in [0.3, 0.4) is 0 Å². The number of piperidine rings is 1. The summed E-state index contributed by atoms with van der Waals surface area (Å²) in [6.07, 6.45) is -8.02. The van der Waals surface area contributed by atoms with Crippen molar-refractivity contribution in [2.75, 3.05) is 59.0 Å². The second-order valence-corrected chi connectivity index (χ2v) is 15.2. The highest BCUT2D eigenvalue weighted by Gasteiger charge is 2.53. The number of anilines is 1. The Morgan fingerprint density at radius 2 is 1.78 bits per heavy atom. The van der Waals surface area contributed by atoms with Crippen LogP contribution in [-0.2, 0) is 38.1 Å². The molecule has 5 heterocycles. The maximum atomic E-state index is 13.4. The first kappa shape index (κ1) is 45.9. The van der Waals surface area contributed by atoms with Crippen molar-refractivity contribution in [2.24, 2.45) is 5.92 Å². The van der Waals surface area contributed by atoms with Gasteiger partial charge in [0.25, 0.3) is 5.91 Å². The van der Waals surface area contributed by atoms with Gasteiger partial charge in [0.1, 0.15) is 61.2 Å². The van der Waals surface area contributed by atoms with E-state index in [0.29, 0.717) is 49.1 Å². The molecule has 5 rings (SSSR count). The summed E-state index contributed by atoms with van der Waals surface area (Å²) < 4.78 is 29.7. The van der Waals surface area contributed by atoms with Crippen molar-refractivity contribution in [2.45, 2.75) is 107 Å². The highest BCUT2D eigenvalue weighted by Crippen LogP contribution is 2.32. The number of thiocarbonyl (C=S) groups is 1. The molecule has 0 bridgehead atoms. The third-order valence-corrected chi connectivity index (χ3v) is 11.4. The first-order chi connectivity index (χ1) is 28.3. The largest absolute Gasteiger partial charge is 0.394 e. The number of unbranched alkanes of at least 4 members (excludes halogenated alkanes) is 1. The zero-order chi connectivity index (χ0) is 43.0. The van der Waals surface area contributed by atoms with E-state index in [4.69, 9.17) is 41.2 Å². The highest BCUT2D eigenvalue weighted by atomic mass is 32.1. The Labute approximate surface area is 346 Å². The minimum absolute atomic E-state index is 0.0188. The second-order valence-electron chi connectivity index (χ2n) is 14.9. The van der Waals surface area contributed by atoms with E-state index in [-0.39, 0.29) is 30.8 Å². The van der Waals surface area contributed by atoms with Gasteiger partial charge >= 0.3 is 0 Å². The molecule has 0 aliphatic carbocycles. The van der Waals surface area contributed by atoms with Gasteiger partial charge < -0.3 is 69.9 Å². The molecule has 21 nitrogen and oxygen atoms in total. The van der Waals surface area contributed by atoms with E-state index in [0.717, 1.165) is 11.8 Å². The van der Waals surface area contributed by atoms with Gasteiger partial charge in [-0.1, -0.05) is 6.92 Å². The van der Waals surface area contributed by atoms with Gasteiger partial charge in [0.15, 0.2) is 29.4 Å². The van der Waals surface area contributed by atoms with Crippen molar-refractivity contribution in [1.29, 1.82) is 5.26 Å². The molecule has 3 aliphatic rings. The summed E-state index contributed by atoms with van der Waals surface area (Å²) in [6, 6.07) is 2.69. The number of nitrogens with zero attached hydrogens (tertiary/aromatic N) is 6. The zero-order valence-electron chi connectivity index (χ0n) is 33.7. The summed E-state index contributed by atoms with van der Waals surface area (Å²) in [6.45, 7) is 4.50. The predicted molar refractivity (Wildman–Crippen MR) is 211 cm³/mol. The predicted octanol–water partition coefficient (Wildman–Crippen LogP) is -2.29. The maximum Gasteiger partial charge on any atom is 0.252 e. The number of ether oxygens (including phenoxy) is 5. The summed E-state index contributed by atoms with van der Waals surface area (Å²) in [5.74, 6) is -0.373. The van der Waals surface area contributed by atoms with Crippen LogP contribution in [-0.4, -0.2) is 184 Å². The number of methoxy groups -OCH3 is 2. The topological polar surface area (TPSA) is 275 Å². The molecule has 3 fully saturated rings. The van der Waals surface area contributed by atoms with Crippen molar-refractivity contribution < 1.29 is 58.5 Å². The van der Waals surface area contributed by atoms with Crippen molar-refractivity contribution in [3.05, 3.63) is 18.6 Å². The van der Waals surface area contributed by atoms with E-state index in [2.05, 4.69) is 37.7 Å². The number of nitrogens with one attached hydrogen (secondary N) is 3. The second kappa shape index (κ2) is 20.9. The lowest BCUT2D eigenvalue weighted by molar-refractivity contribution is -0.338. The van der Waals surface area contributed by atoms with Gasteiger partial charge in [-0.25, -0.2) is 9.97 Å². The van der Waals surface area contributed by atoms with Crippen molar-refractivity contribution in [3.8, 4) is 6.07 Å². The third-order valence-electron chi connectivity index (χ3n) is 11.0. The van der Waals surface area contributed by atoms with Crippen LogP contribution in [0.2, 0.25) is 0 Å². The number of carbonyl (C=O) groups is 3. The standard InChI is InChI=1S/C37H55N9O12S/c1-19-9-14-45(24(49)8-11-38)16-22(19)44(3)32-21-10-15-46(33(21)42-18-41-32)37(59)40-13-7-6-12-39-34(53)31-30(54-4)27(51)28(52)36(58-31)57-29-25(43-20(2)48)35(55-5)56-23(17-47)26(29)50/h10,15,18-19,22-23,25-31,35-36,47,50-52H,6-9,12-14,16-17H2,1-5H3,(H,39,53)(H,40,59)(H,43,48)/t19-,22+,23?,25?,26-,27-,28?,29-,30+,31?,35-,36-/m1/s1. The molecule has 2 aromatic heterocycles. The Morgan fingerprint density at radius 1 is 1.05 bits per heavy atom. The average Bonchev–Trinajstić information content (AvgIpc) is 3.66. The summed E-state index contributed by atoms with van der Waals surface area (Å²) >= 11 is 5.70. The fourth-order valence-electron chi connectivity index (χ4n) is 7.74. The lowest BCUT2D eigenvalue weighted by Crippen LogP contribution is -2.68. The van der Waals surface area contributed by atoms with Crippen LogP contribution < -0.4 is 20.9 Å². The lowest BCUT2D eigenvalue weighted by atomic mass is 9.92. The van der Waals surface area contributed by atoms with Crippen molar-refractivity contribution >= 4 is 51.9 Å². The quantitative estimate of drug-likeness (QED) is 0.0734. The number of rotatable bonds is 15. The van der Waals surface area contributed by atoms with E-state index in [1.807, 2.05) is 25.4 Å². The molecule has 0 spiro atoms. The Bertz CT molecular complexity index is 1820. The zero-order valence-corrected chi connectivity index (χ0v) is 34.5. The third kappa shape index (κ3) is 10.4. The number of aliphatic hydroxyl groups is 4. The molecule has 59 heavy (non-hydrogen) atoms. The molecule has 0 radical (unpaired) electrons. The van der Waals surface area contributed by atoms with E-state index < -0.39 is 79.8 Å². The summed E-state index contributed by atoms with van der Waals surface area (Å²) in [4.78, 5) is 50.7. The number of fused-ring (bicyclic) bond motifs is 1. The van der Waals surface area contributed by atoms with Crippen LogP contribution in [0.4, 0.5) is 5.82 Å². The van der Waals surface area contributed by atoms with Gasteiger partial charge in [-0.3, -0.25) is 19.0 Å². The number of amides is 3.